The van der Waals surface area contributed by atoms with Crippen LogP contribution >= 0.6 is 11.6 Å². The molecule has 0 spiro atoms. The number of nitrogens with one attached hydrogen (secondary N) is 1. The average molecular weight is 562 g/mol. The highest BCUT2D eigenvalue weighted by Gasteiger charge is 2.34. The fourth-order valence-corrected chi connectivity index (χ4v) is 5.39. The third kappa shape index (κ3) is 6.43. The van der Waals surface area contributed by atoms with Crippen LogP contribution in [0.5, 0.6) is 5.75 Å². The van der Waals surface area contributed by atoms with E-state index in [9.17, 15) is 22.4 Å². The Kier molecular flexibility index (Phi) is 9.35. The Labute approximate surface area is 227 Å². The standard InChI is InChI=1S/C27H29ClFN3O5S/c1-18-9-12-22(13-10-18)38(35,36)32(24-15-21(28)11-14-25(24)37-4)17-26(33)31(19(2)27(34)30-3)16-20-7-5-6-8-23(20)29/h5-15,19H,16-17H2,1-4H3,(H,30,34)/t19-/m0/s1. The molecule has 0 saturated heterocycles. The lowest BCUT2D eigenvalue weighted by molar-refractivity contribution is -0.139. The van der Waals surface area contributed by atoms with Gasteiger partial charge in [0, 0.05) is 24.2 Å². The van der Waals surface area contributed by atoms with Gasteiger partial charge in [0.1, 0.15) is 24.2 Å². The van der Waals surface area contributed by atoms with Crippen LogP contribution in [-0.4, -0.2) is 51.9 Å². The largest absolute Gasteiger partial charge is 0.495 e. The van der Waals surface area contributed by atoms with Crippen LogP contribution in [0.4, 0.5) is 10.1 Å². The van der Waals surface area contributed by atoms with Crippen molar-refractivity contribution in [2.75, 3.05) is 25.0 Å². The minimum atomic E-state index is -4.31. The van der Waals surface area contributed by atoms with Crippen molar-refractivity contribution in [3.05, 3.63) is 88.7 Å². The van der Waals surface area contributed by atoms with Gasteiger partial charge in [0.25, 0.3) is 10.0 Å². The fourth-order valence-electron chi connectivity index (χ4n) is 3.81. The first-order valence-corrected chi connectivity index (χ1v) is 13.5. The molecule has 0 saturated carbocycles. The first kappa shape index (κ1) is 28.9. The van der Waals surface area contributed by atoms with Crippen LogP contribution in [-0.2, 0) is 26.2 Å². The Morgan fingerprint density at radius 2 is 1.74 bits per heavy atom. The molecular formula is C27H29ClFN3O5S. The van der Waals surface area contributed by atoms with Gasteiger partial charge in [0.05, 0.1) is 17.7 Å². The third-order valence-corrected chi connectivity index (χ3v) is 8.02. The highest BCUT2D eigenvalue weighted by Crippen LogP contribution is 2.35. The van der Waals surface area contributed by atoms with Gasteiger partial charge in [-0.3, -0.25) is 13.9 Å². The summed E-state index contributed by atoms with van der Waals surface area (Å²) in [7, 11) is -1.53. The molecule has 11 heteroatoms. The normalized spacial score (nSPS) is 11.9. The third-order valence-electron chi connectivity index (χ3n) is 6.01. The molecule has 202 valence electrons. The Morgan fingerprint density at radius 1 is 1.08 bits per heavy atom. The SMILES string of the molecule is CNC(=O)[C@H](C)N(Cc1ccccc1F)C(=O)CN(c1cc(Cl)ccc1OC)S(=O)(=O)c1ccc(C)cc1. The summed E-state index contributed by atoms with van der Waals surface area (Å²) in [6.07, 6.45) is 0. The van der Waals surface area contributed by atoms with E-state index in [1.165, 1.54) is 69.6 Å². The quantitative estimate of drug-likeness (QED) is 0.401. The summed E-state index contributed by atoms with van der Waals surface area (Å²) >= 11 is 6.20. The molecule has 3 aromatic rings. The number of benzene rings is 3. The molecule has 3 aromatic carbocycles. The average Bonchev–Trinajstić information content (AvgIpc) is 2.90. The van der Waals surface area contributed by atoms with Gasteiger partial charge in [0.2, 0.25) is 11.8 Å². The Balaban J connectivity index is 2.12. The number of methoxy groups -OCH3 is 1. The van der Waals surface area contributed by atoms with Crippen molar-refractivity contribution in [2.24, 2.45) is 0 Å². The van der Waals surface area contributed by atoms with Crippen LogP contribution in [0.1, 0.15) is 18.1 Å². The van der Waals surface area contributed by atoms with Crippen molar-refractivity contribution in [1.82, 2.24) is 10.2 Å². The number of sulfonamides is 1. The van der Waals surface area contributed by atoms with E-state index < -0.39 is 40.2 Å². The van der Waals surface area contributed by atoms with Crippen molar-refractivity contribution in [2.45, 2.75) is 31.3 Å². The van der Waals surface area contributed by atoms with E-state index in [0.717, 1.165) is 14.8 Å². The van der Waals surface area contributed by atoms with E-state index in [2.05, 4.69) is 5.32 Å². The Bertz CT molecular complexity index is 1420. The Hall–Kier alpha value is -3.63. The zero-order valence-corrected chi connectivity index (χ0v) is 23.0. The molecule has 0 aliphatic carbocycles. The van der Waals surface area contributed by atoms with E-state index in [0.29, 0.717) is 0 Å². The predicted octanol–water partition coefficient (Wildman–Crippen LogP) is 4.15. The summed E-state index contributed by atoms with van der Waals surface area (Å²) < 4.78 is 48.5. The summed E-state index contributed by atoms with van der Waals surface area (Å²) in [6.45, 7) is 2.34. The summed E-state index contributed by atoms with van der Waals surface area (Å²) in [6, 6.07) is 15.4. The lowest BCUT2D eigenvalue weighted by Crippen LogP contribution is -2.50. The van der Waals surface area contributed by atoms with E-state index in [4.69, 9.17) is 16.3 Å². The van der Waals surface area contributed by atoms with Crippen LogP contribution < -0.4 is 14.4 Å². The number of ether oxygens (including phenoxy) is 1. The number of nitrogens with zero attached hydrogens (tertiary/aromatic N) is 2. The summed E-state index contributed by atoms with van der Waals surface area (Å²) in [5.41, 5.74) is 1.06. The zero-order chi connectivity index (χ0) is 28.0. The number of amides is 2. The molecule has 8 nitrogen and oxygen atoms in total. The monoisotopic (exact) mass is 561 g/mol. The maximum absolute atomic E-state index is 14.5. The zero-order valence-electron chi connectivity index (χ0n) is 21.4. The molecule has 0 aromatic heterocycles. The minimum Gasteiger partial charge on any atom is -0.495 e. The first-order chi connectivity index (χ1) is 18.0. The predicted molar refractivity (Wildman–Crippen MR) is 144 cm³/mol. The number of hydrogen-bond donors (Lipinski definition) is 1. The second kappa shape index (κ2) is 12.3. The van der Waals surface area contributed by atoms with Crippen LogP contribution in [0.3, 0.4) is 0 Å². The van der Waals surface area contributed by atoms with Gasteiger partial charge in [-0.15, -0.1) is 0 Å². The lowest BCUT2D eigenvalue weighted by Gasteiger charge is -2.32. The van der Waals surface area contributed by atoms with Gasteiger partial charge >= 0.3 is 0 Å². The van der Waals surface area contributed by atoms with Crippen LogP contribution in [0.25, 0.3) is 0 Å². The van der Waals surface area contributed by atoms with E-state index in [1.54, 1.807) is 18.2 Å². The van der Waals surface area contributed by atoms with Crippen molar-refractivity contribution < 1.29 is 27.1 Å². The highest BCUT2D eigenvalue weighted by atomic mass is 35.5. The molecule has 3 rings (SSSR count). The maximum Gasteiger partial charge on any atom is 0.264 e. The van der Waals surface area contributed by atoms with Crippen molar-refractivity contribution in [1.29, 1.82) is 0 Å². The van der Waals surface area contributed by atoms with Gasteiger partial charge in [-0.25, -0.2) is 12.8 Å². The lowest BCUT2D eigenvalue weighted by atomic mass is 10.1. The molecule has 0 aliphatic rings. The molecule has 0 bridgehead atoms. The molecule has 1 atom stereocenters. The first-order valence-electron chi connectivity index (χ1n) is 11.7. The molecule has 0 unspecified atom stereocenters. The van der Waals surface area contributed by atoms with Gasteiger partial charge < -0.3 is 15.0 Å². The van der Waals surface area contributed by atoms with Gasteiger partial charge in [-0.05, 0) is 50.2 Å². The number of hydrogen-bond acceptors (Lipinski definition) is 5. The number of aryl methyl sites for hydroxylation is 1. The van der Waals surface area contributed by atoms with Crippen molar-refractivity contribution in [3.8, 4) is 5.75 Å². The molecule has 1 N–H and O–H groups in total. The van der Waals surface area contributed by atoms with Crippen molar-refractivity contribution >= 4 is 39.1 Å². The highest BCUT2D eigenvalue weighted by molar-refractivity contribution is 7.92. The topological polar surface area (TPSA) is 96.0 Å². The van der Waals surface area contributed by atoms with E-state index in [1.807, 2.05) is 6.92 Å². The van der Waals surface area contributed by atoms with E-state index >= 15 is 0 Å². The molecular weight excluding hydrogens is 533 g/mol. The number of rotatable bonds is 10. The molecule has 38 heavy (non-hydrogen) atoms. The molecule has 0 radical (unpaired) electrons. The minimum absolute atomic E-state index is 0.0346. The van der Waals surface area contributed by atoms with Crippen molar-refractivity contribution in [3.63, 3.8) is 0 Å². The summed E-state index contributed by atoms with van der Waals surface area (Å²) in [5.74, 6) is -1.63. The van der Waals surface area contributed by atoms with E-state index in [-0.39, 0.29) is 33.5 Å². The fraction of sp³-hybridized carbons (Fsp3) is 0.259. The molecule has 0 fully saturated rings. The number of carbonyl (C=O) groups excluding carboxylic acids is 2. The smallest absolute Gasteiger partial charge is 0.264 e. The number of carbonyl (C=O) groups is 2. The maximum atomic E-state index is 14.5. The number of likely N-dealkylation sites (N-methyl/N-ethyl adjacent to an activating group) is 1. The second-order valence-corrected chi connectivity index (χ2v) is 10.8. The van der Waals surface area contributed by atoms with Gasteiger partial charge in [-0.2, -0.15) is 0 Å². The number of anilines is 1. The van der Waals surface area contributed by atoms with Gasteiger partial charge in [0.15, 0.2) is 0 Å². The molecule has 0 heterocycles. The Morgan fingerprint density at radius 3 is 2.34 bits per heavy atom. The van der Waals surface area contributed by atoms with Crippen LogP contribution in [0.2, 0.25) is 5.02 Å². The number of halogens is 2. The van der Waals surface area contributed by atoms with Crippen LogP contribution in [0.15, 0.2) is 71.6 Å². The molecule has 0 aliphatic heterocycles. The second-order valence-electron chi connectivity index (χ2n) is 8.54. The summed E-state index contributed by atoms with van der Waals surface area (Å²) in [5, 5.41) is 2.70. The summed E-state index contributed by atoms with van der Waals surface area (Å²) in [4.78, 5) is 27.4. The molecule has 2 amide bonds. The van der Waals surface area contributed by atoms with Gasteiger partial charge in [-0.1, -0.05) is 47.5 Å². The van der Waals surface area contributed by atoms with Crippen LogP contribution in [0, 0.1) is 12.7 Å².